The summed E-state index contributed by atoms with van der Waals surface area (Å²) in [6.45, 7) is 1.79. The summed E-state index contributed by atoms with van der Waals surface area (Å²) in [4.78, 5) is 31.8. The monoisotopic (exact) mass is 634 g/mol. The van der Waals surface area contributed by atoms with E-state index in [1.807, 2.05) is 12.1 Å². The molecule has 36 heavy (non-hydrogen) atoms. The number of rotatable bonds is 5. The van der Waals surface area contributed by atoms with Gasteiger partial charge in [-0.1, -0.05) is 6.07 Å². The van der Waals surface area contributed by atoms with Gasteiger partial charge in [0.2, 0.25) is 23.1 Å². The van der Waals surface area contributed by atoms with E-state index < -0.39 is 28.6 Å². The fourth-order valence-corrected chi connectivity index (χ4v) is 3.83. The predicted molar refractivity (Wildman–Crippen MR) is 145 cm³/mol. The van der Waals surface area contributed by atoms with Crippen LogP contribution in [0.1, 0.15) is 5.56 Å². The van der Waals surface area contributed by atoms with Crippen LogP contribution in [-0.4, -0.2) is 29.7 Å². The van der Waals surface area contributed by atoms with Gasteiger partial charge in [-0.3, -0.25) is 24.1 Å². The second kappa shape index (κ2) is 10.4. The van der Waals surface area contributed by atoms with E-state index in [0.717, 1.165) is 13.7 Å². The van der Waals surface area contributed by atoms with Gasteiger partial charge >= 0.3 is 0 Å². The molecule has 0 radical (unpaired) electrons. The van der Waals surface area contributed by atoms with Crippen molar-refractivity contribution >= 4 is 69.8 Å². The summed E-state index contributed by atoms with van der Waals surface area (Å²) in [6.07, 6.45) is 0. The van der Waals surface area contributed by atoms with Gasteiger partial charge in [0.25, 0.3) is 11.1 Å². The molecular formula is C21H15IN8O4S2. The number of aryl methyl sites for hydroxylation is 1. The third-order valence-corrected chi connectivity index (χ3v) is 5.89. The Labute approximate surface area is 225 Å². The van der Waals surface area contributed by atoms with Crippen molar-refractivity contribution in [3.63, 3.8) is 0 Å². The van der Waals surface area contributed by atoms with Gasteiger partial charge in [0.1, 0.15) is 5.69 Å². The number of aromatic amines is 3. The van der Waals surface area contributed by atoms with Crippen molar-refractivity contribution in [3.8, 4) is 17.4 Å². The molecular weight excluding hydrogens is 619 g/mol. The highest BCUT2D eigenvalue weighted by atomic mass is 127. The molecule has 0 bridgehead atoms. The SMILES string of the molecule is Cc1ccc(N=Nc2c(O)[nH]c(=S)[nH]c2=O)c(-n2c(O)c(N=Nc3ccc(I)cc3)c(=O)[nH]c2=S)c1. The molecule has 12 nitrogen and oxygen atoms in total. The van der Waals surface area contributed by atoms with Crippen molar-refractivity contribution in [1.29, 1.82) is 0 Å². The Morgan fingerprint density at radius 2 is 1.53 bits per heavy atom. The van der Waals surface area contributed by atoms with Gasteiger partial charge in [0.05, 0.1) is 11.4 Å². The first-order valence-electron chi connectivity index (χ1n) is 9.98. The van der Waals surface area contributed by atoms with Crippen molar-refractivity contribution in [2.24, 2.45) is 20.5 Å². The number of aromatic nitrogens is 4. The molecule has 0 spiro atoms. The van der Waals surface area contributed by atoms with E-state index in [1.165, 1.54) is 0 Å². The second-order valence-corrected chi connectivity index (χ2v) is 9.28. The molecule has 15 heteroatoms. The summed E-state index contributed by atoms with van der Waals surface area (Å²) in [5.41, 5.74) is -0.662. The zero-order chi connectivity index (χ0) is 26.0. The minimum Gasteiger partial charge on any atom is -0.493 e. The van der Waals surface area contributed by atoms with Crippen LogP contribution in [0.15, 0.2) is 72.5 Å². The molecule has 2 heterocycles. The quantitative estimate of drug-likeness (QED) is 0.105. The van der Waals surface area contributed by atoms with Crippen LogP contribution in [0.2, 0.25) is 0 Å². The van der Waals surface area contributed by atoms with Gasteiger partial charge < -0.3 is 15.2 Å². The zero-order valence-corrected chi connectivity index (χ0v) is 22.0. The highest BCUT2D eigenvalue weighted by molar-refractivity contribution is 14.1. The van der Waals surface area contributed by atoms with E-state index >= 15 is 0 Å². The molecule has 0 fully saturated rings. The van der Waals surface area contributed by atoms with E-state index in [-0.39, 0.29) is 26.6 Å². The van der Waals surface area contributed by atoms with Gasteiger partial charge in [-0.25, -0.2) is 0 Å². The van der Waals surface area contributed by atoms with Crippen LogP contribution in [0.4, 0.5) is 22.7 Å². The Bertz CT molecular complexity index is 1770. The van der Waals surface area contributed by atoms with Crippen molar-refractivity contribution < 1.29 is 10.2 Å². The average molecular weight is 634 g/mol. The standard InChI is InChI=1S/C21H15IN8O4S2/c1-9-2-7-12(27-28-14-16(31)23-20(35)24-17(14)32)13(8-9)30-19(34)15(18(33)25-21(30)36)29-26-11-5-3-10(22)4-6-11/h2-8,34H,1H3,(H,25,33,36)(H3,23,24,31,32,35). The fourth-order valence-electron chi connectivity index (χ4n) is 3.01. The molecule has 4 aromatic rings. The number of nitrogens with zero attached hydrogens (tertiary/aromatic N) is 5. The molecule has 0 unspecified atom stereocenters. The summed E-state index contributed by atoms with van der Waals surface area (Å²) in [6, 6.07) is 12.0. The smallest absolute Gasteiger partial charge is 0.283 e. The largest absolute Gasteiger partial charge is 0.493 e. The molecule has 0 aliphatic heterocycles. The lowest BCUT2D eigenvalue weighted by molar-refractivity contribution is 0.435. The molecule has 0 amide bonds. The Kier molecular flexibility index (Phi) is 7.32. The summed E-state index contributed by atoms with van der Waals surface area (Å²) in [7, 11) is 0. The molecule has 0 aliphatic rings. The van der Waals surface area contributed by atoms with Crippen LogP contribution in [-0.2, 0) is 0 Å². The van der Waals surface area contributed by atoms with Gasteiger partial charge in [0, 0.05) is 3.57 Å². The van der Waals surface area contributed by atoms with E-state index in [2.05, 4.69) is 58.0 Å². The summed E-state index contributed by atoms with van der Waals surface area (Å²) in [5.74, 6) is -1.15. The fraction of sp³-hybridized carbons (Fsp3) is 0.0476. The molecule has 182 valence electrons. The second-order valence-electron chi connectivity index (χ2n) is 7.24. The van der Waals surface area contributed by atoms with Crippen LogP contribution in [0.3, 0.4) is 0 Å². The highest BCUT2D eigenvalue weighted by Gasteiger charge is 2.17. The number of hydrogen-bond donors (Lipinski definition) is 5. The number of benzene rings is 2. The normalized spacial score (nSPS) is 11.5. The van der Waals surface area contributed by atoms with Gasteiger partial charge in [-0.05, 0) is 95.9 Å². The first-order chi connectivity index (χ1) is 17.1. The van der Waals surface area contributed by atoms with Crippen molar-refractivity contribution in [1.82, 2.24) is 19.5 Å². The van der Waals surface area contributed by atoms with Crippen molar-refractivity contribution in [2.45, 2.75) is 6.92 Å². The third kappa shape index (κ3) is 5.37. The summed E-state index contributed by atoms with van der Waals surface area (Å²) in [5, 5.41) is 36.8. The van der Waals surface area contributed by atoms with Crippen LogP contribution in [0.5, 0.6) is 11.8 Å². The van der Waals surface area contributed by atoms with Crippen LogP contribution in [0, 0.1) is 20.0 Å². The van der Waals surface area contributed by atoms with Crippen molar-refractivity contribution in [3.05, 3.63) is 81.8 Å². The van der Waals surface area contributed by atoms with Crippen LogP contribution in [0.25, 0.3) is 5.69 Å². The van der Waals surface area contributed by atoms with Crippen LogP contribution < -0.4 is 11.1 Å². The van der Waals surface area contributed by atoms with E-state index in [4.69, 9.17) is 24.4 Å². The number of azo groups is 2. The molecule has 0 saturated carbocycles. The number of H-pyrrole nitrogens is 3. The van der Waals surface area contributed by atoms with Crippen LogP contribution >= 0.6 is 47.0 Å². The summed E-state index contributed by atoms with van der Waals surface area (Å²) >= 11 is 12.2. The minimum absolute atomic E-state index is 0.0797. The Morgan fingerprint density at radius 1 is 0.861 bits per heavy atom. The highest BCUT2D eigenvalue weighted by Crippen LogP contribution is 2.33. The molecule has 5 N–H and O–H groups in total. The van der Waals surface area contributed by atoms with E-state index in [1.54, 1.807) is 37.3 Å². The Morgan fingerprint density at radius 3 is 2.22 bits per heavy atom. The number of halogens is 1. The third-order valence-electron chi connectivity index (χ3n) is 4.68. The zero-order valence-electron chi connectivity index (χ0n) is 18.2. The maximum atomic E-state index is 12.5. The van der Waals surface area contributed by atoms with E-state index in [0.29, 0.717) is 5.69 Å². The average Bonchev–Trinajstić information content (AvgIpc) is 2.80. The minimum atomic E-state index is -0.754. The first kappa shape index (κ1) is 25.3. The number of nitrogens with one attached hydrogen (secondary N) is 3. The van der Waals surface area contributed by atoms with Gasteiger partial charge in [0.15, 0.2) is 9.54 Å². The maximum Gasteiger partial charge on any atom is 0.283 e. The number of aromatic hydroxyl groups is 2. The maximum absolute atomic E-state index is 12.5. The molecule has 2 aromatic carbocycles. The summed E-state index contributed by atoms with van der Waals surface area (Å²) < 4.78 is 1.92. The Hall–Kier alpha value is -3.83. The topological polar surface area (TPSA) is 176 Å². The first-order valence-corrected chi connectivity index (χ1v) is 11.9. The van der Waals surface area contributed by atoms with Gasteiger partial charge in [-0.2, -0.15) is 5.11 Å². The molecule has 0 aliphatic carbocycles. The molecule has 0 saturated heterocycles. The number of hydrogen-bond acceptors (Lipinski definition) is 10. The van der Waals surface area contributed by atoms with Gasteiger partial charge in [-0.15, -0.1) is 15.3 Å². The lowest BCUT2D eigenvalue weighted by Gasteiger charge is -2.13. The Balaban J connectivity index is 1.85. The molecule has 4 rings (SSSR count). The van der Waals surface area contributed by atoms with E-state index in [9.17, 15) is 19.8 Å². The molecule has 0 atom stereocenters. The molecule has 2 aromatic heterocycles. The van der Waals surface area contributed by atoms with Crippen molar-refractivity contribution in [2.75, 3.05) is 0 Å². The lowest BCUT2D eigenvalue weighted by Crippen LogP contribution is -2.12. The lowest BCUT2D eigenvalue weighted by atomic mass is 10.2. The predicted octanol–water partition coefficient (Wildman–Crippen LogP) is 5.80.